The van der Waals surface area contributed by atoms with Crippen molar-refractivity contribution in [3.05, 3.63) is 65.2 Å². The van der Waals surface area contributed by atoms with Crippen LogP contribution in [0.5, 0.6) is 0 Å². The summed E-state index contributed by atoms with van der Waals surface area (Å²) in [7, 11) is 4.05. The van der Waals surface area contributed by atoms with Gasteiger partial charge in [-0.25, -0.2) is 4.79 Å². The summed E-state index contributed by atoms with van der Waals surface area (Å²) in [6.45, 7) is 0.639. The molecule has 1 atom stereocenters. The number of aryl methyl sites for hydroxylation is 1. The zero-order valence-corrected chi connectivity index (χ0v) is 17.3. The first-order valence-corrected chi connectivity index (χ1v) is 10.1. The van der Waals surface area contributed by atoms with Crippen LogP contribution in [-0.2, 0) is 28.0 Å². The van der Waals surface area contributed by atoms with Gasteiger partial charge in [-0.3, -0.25) is 14.5 Å². The Labute approximate surface area is 176 Å². The van der Waals surface area contributed by atoms with Crippen LogP contribution >= 0.6 is 0 Å². The first-order chi connectivity index (χ1) is 14.4. The highest BCUT2D eigenvalue weighted by molar-refractivity contribution is 6.10. The molecule has 2 N–H and O–H groups in total. The number of imide groups is 1. The SMILES string of the molecule is CN(C)CCc1ccc(NC(=O)CN2C(=O)NC3(CCc4ccccc43)C2=O)cc1. The van der Waals surface area contributed by atoms with Gasteiger partial charge in [-0.15, -0.1) is 0 Å². The fourth-order valence-corrected chi connectivity index (χ4v) is 4.18. The van der Waals surface area contributed by atoms with Crippen LogP contribution in [-0.4, -0.2) is 54.8 Å². The van der Waals surface area contributed by atoms with Crippen molar-refractivity contribution in [1.29, 1.82) is 0 Å². The van der Waals surface area contributed by atoms with Gasteiger partial charge in [0.25, 0.3) is 5.91 Å². The van der Waals surface area contributed by atoms with Crippen LogP contribution in [0.2, 0.25) is 0 Å². The third kappa shape index (κ3) is 3.68. The second-order valence-electron chi connectivity index (χ2n) is 8.18. The molecule has 0 saturated carbocycles. The molecular weight excluding hydrogens is 380 g/mol. The van der Waals surface area contributed by atoms with E-state index < -0.39 is 17.5 Å². The van der Waals surface area contributed by atoms with E-state index in [1.54, 1.807) is 0 Å². The molecule has 0 aromatic heterocycles. The molecule has 0 radical (unpaired) electrons. The maximum Gasteiger partial charge on any atom is 0.325 e. The number of carbonyl (C=O) groups excluding carboxylic acids is 3. The Morgan fingerprint density at radius 1 is 1.13 bits per heavy atom. The molecule has 1 unspecified atom stereocenters. The number of urea groups is 1. The van der Waals surface area contributed by atoms with E-state index >= 15 is 0 Å². The quantitative estimate of drug-likeness (QED) is 0.720. The van der Waals surface area contributed by atoms with Gasteiger partial charge in [0, 0.05) is 12.2 Å². The van der Waals surface area contributed by atoms with Gasteiger partial charge in [0.15, 0.2) is 0 Å². The Morgan fingerprint density at radius 3 is 2.60 bits per heavy atom. The molecule has 2 aromatic rings. The monoisotopic (exact) mass is 406 g/mol. The minimum Gasteiger partial charge on any atom is -0.325 e. The molecule has 1 saturated heterocycles. The van der Waals surface area contributed by atoms with Gasteiger partial charge in [-0.2, -0.15) is 0 Å². The summed E-state index contributed by atoms with van der Waals surface area (Å²) in [4.78, 5) is 41.3. The second-order valence-corrected chi connectivity index (χ2v) is 8.18. The van der Waals surface area contributed by atoms with Crippen LogP contribution in [0.15, 0.2) is 48.5 Å². The van der Waals surface area contributed by atoms with Crippen LogP contribution in [0.1, 0.15) is 23.1 Å². The number of benzene rings is 2. The summed E-state index contributed by atoms with van der Waals surface area (Å²) < 4.78 is 0. The van der Waals surface area contributed by atoms with Crippen molar-refractivity contribution in [2.75, 3.05) is 32.5 Å². The van der Waals surface area contributed by atoms with Gasteiger partial charge in [0.05, 0.1) is 0 Å². The van der Waals surface area contributed by atoms with Crippen molar-refractivity contribution in [2.45, 2.75) is 24.8 Å². The lowest BCUT2D eigenvalue weighted by Gasteiger charge is -2.22. The minimum atomic E-state index is -1.04. The molecule has 7 nitrogen and oxygen atoms in total. The number of likely N-dealkylation sites (N-methyl/N-ethyl adjacent to an activating group) is 1. The third-order valence-electron chi connectivity index (χ3n) is 5.81. The number of hydrogen-bond acceptors (Lipinski definition) is 4. The van der Waals surface area contributed by atoms with Crippen LogP contribution in [0.3, 0.4) is 0 Å². The number of anilines is 1. The predicted octanol–water partition coefficient (Wildman–Crippen LogP) is 2.12. The van der Waals surface area contributed by atoms with E-state index in [9.17, 15) is 14.4 Å². The first kappa shape index (κ1) is 20.1. The van der Waals surface area contributed by atoms with Crippen LogP contribution in [0.4, 0.5) is 10.5 Å². The van der Waals surface area contributed by atoms with Gasteiger partial charge in [0.2, 0.25) is 5.91 Å². The van der Waals surface area contributed by atoms with E-state index in [2.05, 4.69) is 15.5 Å². The smallest absolute Gasteiger partial charge is 0.325 e. The Morgan fingerprint density at radius 2 is 1.87 bits per heavy atom. The van der Waals surface area contributed by atoms with E-state index in [0.29, 0.717) is 12.1 Å². The lowest BCUT2D eigenvalue weighted by atomic mass is 9.92. The predicted molar refractivity (Wildman–Crippen MR) is 114 cm³/mol. The van der Waals surface area contributed by atoms with E-state index in [-0.39, 0.29) is 12.5 Å². The zero-order valence-electron chi connectivity index (χ0n) is 17.3. The largest absolute Gasteiger partial charge is 0.325 e. The Balaban J connectivity index is 1.40. The van der Waals surface area contributed by atoms with Crippen LogP contribution in [0, 0.1) is 0 Å². The van der Waals surface area contributed by atoms with Gasteiger partial charge in [-0.05, 0) is 62.2 Å². The van der Waals surface area contributed by atoms with Crippen molar-refractivity contribution >= 4 is 23.5 Å². The lowest BCUT2D eigenvalue weighted by molar-refractivity contribution is -0.134. The topological polar surface area (TPSA) is 81.8 Å². The molecule has 4 rings (SSSR count). The summed E-state index contributed by atoms with van der Waals surface area (Å²) in [5.41, 5.74) is 2.67. The summed E-state index contributed by atoms with van der Waals surface area (Å²) in [5.74, 6) is -0.755. The molecule has 30 heavy (non-hydrogen) atoms. The van der Waals surface area contributed by atoms with Crippen molar-refractivity contribution in [3.8, 4) is 0 Å². The minimum absolute atomic E-state index is 0.309. The highest BCUT2D eigenvalue weighted by Crippen LogP contribution is 2.41. The number of rotatable bonds is 6. The molecule has 7 heteroatoms. The molecule has 1 spiro atoms. The fraction of sp³-hybridized carbons (Fsp3) is 0.348. The number of nitrogens with zero attached hydrogens (tertiary/aromatic N) is 2. The molecule has 1 aliphatic carbocycles. The van der Waals surface area contributed by atoms with Crippen molar-refractivity contribution in [2.24, 2.45) is 0 Å². The molecule has 2 aliphatic rings. The summed E-state index contributed by atoms with van der Waals surface area (Å²) in [6, 6.07) is 14.7. The first-order valence-electron chi connectivity index (χ1n) is 10.1. The van der Waals surface area contributed by atoms with E-state index in [1.165, 1.54) is 5.56 Å². The highest BCUT2D eigenvalue weighted by Gasteiger charge is 2.55. The maximum absolute atomic E-state index is 13.1. The average Bonchev–Trinajstić information content (AvgIpc) is 3.21. The average molecular weight is 406 g/mol. The number of amides is 4. The molecule has 1 aliphatic heterocycles. The number of hydrogen-bond donors (Lipinski definition) is 2. The molecule has 156 valence electrons. The van der Waals surface area contributed by atoms with E-state index in [0.717, 1.165) is 35.4 Å². The summed E-state index contributed by atoms with van der Waals surface area (Å²) >= 11 is 0. The Bertz CT molecular complexity index is 986. The van der Waals surface area contributed by atoms with Gasteiger partial charge in [-0.1, -0.05) is 36.4 Å². The normalized spacial score (nSPS) is 20.0. The number of nitrogens with one attached hydrogen (secondary N) is 2. The lowest BCUT2D eigenvalue weighted by Crippen LogP contribution is -2.42. The Hall–Kier alpha value is -3.19. The highest BCUT2D eigenvalue weighted by atomic mass is 16.2. The van der Waals surface area contributed by atoms with Crippen LogP contribution < -0.4 is 10.6 Å². The van der Waals surface area contributed by atoms with E-state index in [4.69, 9.17) is 0 Å². The van der Waals surface area contributed by atoms with Crippen LogP contribution in [0.25, 0.3) is 0 Å². The summed E-state index contributed by atoms with van der Waals surface area (Å²) in [6.07, 6.45) is 2.17. The van der Waals surface area contributed by atoms with E-state index in [1.807, 2.05) is 62.6 Å². The van der Waals surface area contributed by atoms with Crippen molar-refractivity contribution in [3.63, 3.8) is 0 Å². The molecule has 1 heterocycles. The zero-order chi connectivity index (χ0) is 21.3. The fourth-order valence-electron chi connectivity index (χ4n) is 4.18. The second kappa shape index (κ2) is 7.91. The van der Waals surface area contributed by atoms with Gasteiger partial charge >= 0.3 is 6.03 Å². The number of fused-ring (bicyclic) bond motifs is 2. The molecule has 1 fully saturated rings. The van der Waals surface area contributed by atoms with Gasteiger partial charge < -0.3 is 15.5 Å². The molecule has 4 amide bonds. The molecule has 0 bridgehead atoms. The molecular formula is C23H26N4O3. The van der Waals surface area contributed by atoms with Crippen molar-refractivity contribution in [1.82, 2.24) is 15.1 Å². The Kier molecular flexibility index (Phi) is 5.30. The maximum atomic E-state index is 13.1. The standard InChI is InChI=1S/C23H26N4O3/c1-26(2)14-12-16-7-9-18(10-8-16)24-20(28)15-27-21(29)23(25-22(27)30)13-11-17-5-3-4-6-19(17)23/h3-10H,11-15H2,1-2H3,(H,24,28)(H,25,30). The summed E-state index contributed by atoms with van der Waals surface area (Å²) in [5, 5.41) is 5.62. The van der Waals surface area contributed by atoms with Gasteiger partial charge in [0.1, 0.15) is 12.1 Å². The molecule has 2 aromatic carbocycles. The number of carbonyl (C=O) groups is 3. The third-order valence-corrected chi connectivity index (χ3v) is 5.81. The van der Waals surface area contributed by atoms with Crippen molar-refractivity contribution < 1.29 is 14.4 Å².